The van der Waals surface area contributed by atoms with Gasteiger partial charge in [-0.3, -0.25) is 0 Å². The van der Waals surface area contributed by atoms with E-state index in [0.717, 1.165) is 5.92 Å². The number of hydrogen-bond acceptors (Lipinski definition) is 1. The number of carboxylic acid groups (broad SMARTS) is 1. The Labute approximate surface area is 66.9 Å². The first-order valence-electron chi connectivity index (χ1n) is 4.15. The van der Waals surface area contributed by atoms with Gasteiger partial charge in [-0.2, -0.15) is 0 Å². The van der Waals surface area contributed by atoms with Gasteiger partial charge in [-0.25, -0.2) is 4.79 Å². The van der Waals surface area contributed by atoms with E-state index in [1.807, 2.05) is 6.08 Å². The lowest BCUT2D eigenvalue weighted by Gasteiger charge is -1.88. The first kappa shape index (κ1) is 8.31. The van der Waals surface area contributed by atoms with Crippen molar-refractivity contribution in [1.29, 1.82) is 0 Å². The molecule has 0 aliphatic heterocycles. The van der Waals surface area contributed by atoms with Crippen molar-refractivity contribution in [3.8, 4) is 0 Å². The predicted octanol–water partition coefficient (Wildman–Crippen LogP) is 2.06. The Kier molecular flexibility index (Phi) is 2.69. The zero-order valence-electron chi connectivity index (χ0n) is 6.79. The van der Waals surface area contributed by atoms with Gasteiger partial charge in [0.1, 0.15) is 0 Å². The molecule has 0 aromatic rings. The quantitative estimate of drug-likeness (QED) is 0.629. The Hall–Kier alpha value is -0.790. The maximum Gasteiger partial charge on any atom is 0.327 e. The van der Waals surface area contributed by atoms with Gasteiger partial charge in [0.05, 0.1) is 0 Å². The fourth-order valence-corrected chi connectivity index (χ4v) is 1.42. The Morgan fingerprint density at radius 2 is 2.45 bits per heavy atom. The van der Waals surface area contributed by atoms with Crippen LogP contribution in [0.1, 0.15) is 26.2 Å². The van der Waals surface area contributed by atoms with Crippen molar-refractivity contribution >= 4 is 5.97 Å². The van der Waals surface area contributed by atoms with Gasteiger partial charge < -0.3 is 5.11 Å². The molecule has 1 N–H and O–H groups in total. The van der Waals surface area contributed by atoms with Crippen molar-refractivity contribution in [3.05, 3.63) is 12.2 Å². The minimum absolute atomic E-state index is 0.561. The molecule has 1 fully saturated rings. The van der Waals surface area contributed by atoms with E-state index in [9.17, 15) is 4.79 Å². The zero-order chi connectivity index (χ0) is 8.27. The van der Waals surface area contributed by atoms with Crippen LogP contribution in [-0.2, 0) is 4.79 Å². The maximum atomic E-state index is 10.1. The van der Waals surface area contributed by atoms with E-state index in [1.54, 1.807) is 0 Å². The molecule has 2 atom stereocenters. The predicted molar refractivity (Wildman–Crippen MR) is 43.3 cm³/mol. The third kappa shape index (κ3) is 2.74. The average Bonchev–Trinajstić information content (AvgIpc) is 2.64. The summed E-state index contributed by atoms with van der Waals surface area (Å²) in [4.78, 5) is 10.1. The fraction of sp³-hybridized carbons (Fsp3) is 0.667. The van der Waals surface area contributed by atoms with E-state index >= 15 is 0 Å². The summed E-state index contributed by atoms with van der Waals surface area (Å²) in [5, 5.41) is 8.32. The molecule has 0 bridgehead atoms. The molecule has 1 rings (SSSR count). The van der Waals surface area contributed by atoms with Gasteiger partial charge in [0.2, 0.25) is 0 Å². The zero-order valence-corrected chi connectivity index (χ0v) is 6.79. The van der Waals surface area contributed by atoms with Crippen LogP contribution < -0.4 is 0 Å². The van der Waals surface area contributed by atoms with Crippen molar-refractivity contribution in [1.82, 2.24) is 0 Å². The molecule has 2 unspecified atom stereocenters. The number of aliphatic carboxylic acids is 1. The number of carboxylic acids is 1. The molecule has 1 aliphatic rings. The minimum Gasteiger partial charge on any atom is -0.478 e. The second kappa shape index (κ2) is 3.56. The molecule has 0 aromatic heterocycles. The topological polar surface area (TPSA) is 37.3 Å². The summed E-state index contributed by atoms with van der Waals surface area (Å²) in [6.07, 6.45) is 6.73. The lowest BCUT2D eigenvalue weighted by atomic mass is 10.2. The standard InChI is InChI=1S/C9H14O2/c1-2-3-7-6-8(7)4-5-9(10)11/h4-5,7-8H,2-3,6H2,1H3,(H,10,11)/b5-4+. The Morgan fingerprint density at radius 1 is 1.73 bits per heavy atom. The summed E-state index contributed by atoms with van der Waals surface area (Å²) < 4.78 is 0. The third-order valence-corrected chi connectivity index (χ3v) is 2.12. The molecule has 2 heteroatoms. The second-order valence-electron chi connectivity index (χ2n) is 3.15. The highest BCUT2D eigenvalue weighted by atomic mass is 16.4. The Balaban J connectivity index is 2.17. The van der Waals surface area contributed by atoms with Gasteiger partial charge in [0, 0.05) is 6.08 Å². The van der Waals surface area contributed by atoms with Crippen molar-refractivity contribution in [2.24, 2.45) is 11.8 Å². The van der Waals surface area contributed by atoms with Crippen LogP contribution in [0.25, 0.3) is 0 Å². The van der Waals surface area contributed by atoms with Crippen LogP contribution in [0.5, 0.6) is 0 Å². The van der Waals surface area contributed by atoms with Crippen LogP contribution in [0.3, 0.4) is 0 Å². The van der Waals surface area contributed by atoms with Gasteiger partial charge in [0.15, 0.2) is 0 Å². The highest BCUT2D eigenvalue weighted by Gasteiger charge is 2.33. The van der Waals surface area contributed by atoms with E-state index < -0.39 is 5.97 Å². The summed E-state index contributed by atoms with van der Waals surface area (Å²) in [6, 6.07) is 0. The van der Waals surface area contributed by atoms with E-state index in [1.165, 1.54) is 25.3 Å². The van der Waals surface area contributed by atoms with Gasteiger partial charge in [-0.15, -0.1) is 0 Å². The monoisotopic (exact) mass is 154 g/mol. The maximum absolute atomic E-state index is 10.1. The van der Waals surface area contributed by atoms with Crippen molar-refractivity contribution in [2.45, 2.75) is 26.2 Å². The molecule has 2 nitrogen and oxygen atoms in total. The van der Waals surface area contributed by atoms with Gasteiger partial charge in [0.25, 0.3) is 0 Å². The summed E-state index contributed by atoms with van der Waals surface area (Å²) in [6.45, 7) is 2.16. The third-order valence-electron chi connectivity index (χ3n) is 2.12. The smallest absolute Gasteiger partial charge is 0.327 e. The largest absolute Gasteiger partial charge is 0.478 e. The molecule has 1 saturated carbocycles. The molecule has 0 aromatic carbocycles. The first-order chi connectivity index (χ1) is 5.24. The Morgan fingerprint density at radius 3 is 3.00 bits per heavy atom. The van der Waals surface area contributed by atoms with Gasteiger partial charge in [-0.05, 0) is 18.3 Å². The van der Waals surface area contributed by atoms with Crippen LogP contribution in [0.15, 0.2) is 12.2 Å². The number of carbonyl (C=O) groups is 1. The van der Waals surface area contributed by atoms with Crippen LogP contribution >= 0.6 is 0 Å². The lowest BCUT2D eigenvalue weighted by Crippen LogP contribution is -1.86. The molecule has 0 radical (unpaired) electrons. The summed E-state index contributed by atoms with van der Waals surface area (Å²) in [7, 11) is 0. The van der Waals surface area contributed by atoms with E-state index in [2.05, 4.69) is 6.92 Å². The molecule has 0 heterocycles. The number of rotatable bonds is 4. The SMILES string of the molecule is CCCC1CC1/C=C/C(=O)O. The molecule has 0 amide bonds. The van der Waals surface area contributed by atoms with Crippen LogP contribution in [0, 0.1) is 11.8 Å². The highest BCUT2D eigenvalue weighted by Crippen LogP contribution is 2.42. The van der Waals surface area contributed by atoms with Gasteiger partial charge in [-0.1, -0.05) is 25.8 Å². The summed E-state index contributed by atoms with van der Waals surface area (Å²) in [5.74, 6) is 0.508. The van der Waals surface area contributed by atoms with Crippen LogP contribution in [0.4, 0.5) is 0 Å². The normalized spacial score (nSPS) is 29.2. The fourth-order valence-electron chi connectivity index (χ4n) is 1.42. The van der Waals surface area contributed by atoms with Crippen molar-refractivity contribution < 1.29 is 9.90 Å². The van der Waals surface area contributed by atoms with Crippen molar-refractivity contribution in [2.75, 3.05) is 0 Å². The van der Waals surface area contributed by atoms with Gasteiger partial charge >= 0.3 is 5.97 Å². The lowest BCUT2D eigenvalue weighted by molar-refractivity contribution is -0.131. The molecule has 1 aliphatic carbocycles. The number of hydrogen-bond donors (Lipinski definition) is 1. The summed E-state index contributed by atoms with van der Waals surface area (Å²) in [5.41, 5.74) is 0. The Bertz CT molecular complexity index is 172. The summed E-state index contributed by atoms with van der Waals surface area (Å²) >= 11 is 0. The van der Waals surface area contributed by atoms with E-state index in [-0.39, 0.29) is 0 Å². The highest BCUT2D eigenvalue weighted by molar-refractivity contribution is 5.79. The molecule has 0 saturated heterocycles. The molecule has 0 spiro atoms. The molecular formula is C9H14O2. The van der Waals surface area contributed by atoms with Crippen LogP contribution in [0.2, 0.25) is 0 Å². The van der Waals surface area contributed by atoms with E-state index in [4.69, 9.17) is 5.11 Å². The second-order valence-corrected chi connectivity index (χ2v) is 3.15. The first-order valence-corrected chi connectivity index (χ1v) is 4.15. The van der Waals surface area contributed by atoms with E-state index in [0.29, 0.717) is 5.92 Å². The molecule has 62 valence electrons. The average molecular weight is 154 g/mol. The van der Waals surface area contributed by atoms with Crippen molar-refractivity contribution in [3.63, 3.8) is 0 Å². The minimum atomic E-state index is -0.827. The number of allylic oxidation sites excluding steroid dienone is 1. The molecule has 11 heavy (non-hydrogen) atoms. The molecular weight excluding hydrogens is 140 g/mol. The van der Waals surface area contributed by atoms with Crippen LogP contribution in [-0.4, -0.2) is 11.1 Å².